The number of nitrogens with one attached hydrogen (secondary N) is 1. The Morgan fingerprint density at radius 2 is 2.23 bits per heavy atom. The number of ether oxygens (including phenoxy) is 1. The Bertz CT molecular complexity index is 514. The predicted molar refractivity (Wildman–Crippen MR) is 83.7 cm³/mol. The number of amides is 2. The van der Waals surface area contributed by atoms with Crippen LogP contribution in [0.2, 0.25) is 0 Å². The van der Waals surface area contributed by atoms with Crippen LogP contribution in [0.5, 0.6) is 0 Å². The van der Waals surface area contributed by atoms with Gasteiger partial charge >= 0.3 is 6.03 Å². The number of carbonyl (C=O) groups is 1. The van der Waals surface area contributed by atoms with E-state index in [1.165, 1.54) is 11.1 Å². The molecular formula is C17H24N2O3. The molecule has 5 nitrogen and oxygen atoms in total. The molecule has 0 spiro atoms. The average molecular weight is 304 g/mol. The first kappa shape index (κ1) is 15.3. The van der Waals surface area contributed by atoms with Crippen LogP contribution in [0.15, 0.2) is 24.3 Å². The third kappa shape index (κ3) is 3.25. The van der Waals surface area contributed by atoms with Crippen LogP contribution in [0.1, 0.15) is 36.4 Å². The summed E-state index contributed by atoms with van der Waals surface area (Å²) in [4.78, 5) is 14.6. The minimum absolute atomic E-state index is 0.0364. The molecule has 2 amide bonds. The van der Waals surface area contributed by atoms with E-state index in [1.807, 2.05) is 11.0 Å². The summed E-state index contributed by atoms with van der Waals surface area (Å²) in [5, 5.41) is 12.2. The number of urea groups is 1. The molecule has 1 saturated heterocycles. The van der Waals surface area contributed by atoms with E-state index in [9.17, 15) is 4.79 Å². The number of aliphatic hydroxyl groups is 1. The number of fused-ring (bicyclic) bond motifs is 1. The van der Waals surface area contributed by atoms with Crippen LogP contribution < -0.4 is 5.32 Å². The smallest absolute Gasteiger partial charge is 0.318 e. The van der Waals surface area contributed by atoms with Crippen LogP contribution in [0.3, 0.4) is 0 Å². The lowest BCUT2D eigenvalue weighted by atomic mass is 10.1. The van der Waals surface area contributed by atoms with Gasteiger partial charge in [0.15, 0.2) is 0 Å². The third-order valence-electron chi connectivity index (χ3n) is 4.55. The number of hydrogen-bond donors (Lipinski definition) is 2. The highest BCUT2D eigenvalue weighted by Gasteiger charge is 2.31. The molecule has 2 aliphatic rings. The second-order valence-electron chi connectivity index (χ2n) is 6.03. The molecule has 1 aliphatic heterocycles. The highest BCUT2D eigenvalue weighted by atomic mass is 16.5. The van der Waals surface area contributed by atoms with Gasteiger partial charge < -0.3 is 20.1 Å². The minimum atomic E-state index is -0.0364. The molecule has 2 unspecified atom stereocenters. The zero-order valence-corrected chi connectivity index (χ0v) is 12.8. The lowest BCUT2D eigenvalue weighted by Crippen LogP contribution is -2.46. The number of nitrogens with zero attached hydrogens (tertiary/aromatic N) is 1. The van der Waals surface area contributed by atoms with Gasteiger partial charge in [-0.05, 0) is 36.8 Å². The van der Waals surface area contributed by atoms with Crippen molar-refractivity contribution in [2.24, 2.45) is 0 Å². The van der Waals surface area contributed by atoms with Gasteiger partial charge in [-0.2, -0.15) is 0 Å². The molecule has 1 aliphatic carbocycles. The topological polar surface area (TPSA) is 61.8 Å². The number of carbonyl (C=O) groups excluding carboxylic acids is 1. The number of benzene rings is 1. The molecule has 120 valence electrons. The van der Waals surface area contributed by atoms with Gasteiger partial charge in [0.05, 0.1) is 18.7 Å². The Morgan fingerprint density at radius 3 is 3.00 bits per heavy atom. The fourth-order valence-electron chi connectivity index (χ4n) is 3.40. The summed E-state index contributed by atoms with van der Waals surface area (Å²) in [6.07, 6.45) is 3.45. The van der Waals surface area contributed by atoms with Crippen molar-refractivity contribution in [3.05, 3.63) is 35.4 Å². The fraction of sp³-hybridized carbons (Fsp3) is 0.588. The van der Waals surface area contributed by atoms with Crippen molar-refractivity contribution >= 4 is 6.03 Å². The standard InChI is InChI=1S/C17H24N2O3/c20-10-3-9-19(17(21)18-14-8-11-22-12-14)16-7-6-13-4-1-2-5-15(13)16/h1-2,4-5,14,16,20H,3,6-12H2,(H,18,21). The fourth-order valence-corrected chi connectivity index (χ4v) is 3.40. The number of aryl methyl sites for hydroxylation is 1. The Balaban J connectivity index is 1.73. The molecule has 0 aromatic heterocycles. The Hall–Kier alpha value is -1.59. The van der Waals surface area contributed by atoms with Crippen LogP contribution >= 0.6 is 0 Å². The van der Waals surface area contributed by atoms with Crippen LogP contribution in [0.4, 0.5) is 4.79 Å². The summed E-state index contributed by atoms with van der Waals surface area (Å²) in [6, 6.07) is 8.53. The van der Waals surface area contributed by atoms with Gasteiger partial charge in [0.25, 0.3) is 0 Å². The van der Waals surface area contributed by atoms with E-state index in [0.717, 1.165) is 19.3 Å². The number of hydrogen-bond acceptors (Lipinski definition) is 3. The van der Waals surface area contributed by atoms with Gasteiger partial charge in [-0.1, -0.05) is 24.3 Å². The van der Waals surface area contributed by atoms with Crippen molar-refractivity contribution < 1.29 is 14.6 Å². The van der Waals surface area contributed by atoms with E-state index in [0.29, 0.717) is 26.2 Å². The first-order valence-electron chi connectivity index (χ1n) is 8.13. The zero-order valence-electron chi connectivity index (χ0n) is 12.8. The second kappa shape index (κ2) is 7.11. The second-order valence-corrected chi connectivity index (χ2v) is 6.03. The molecule has 1 aromatic carbocycles. The average Bonchev–Trinajstić information content (AvgIpc) is 3.18. The largest absolute Gasteiger partial charge is 0.396 e. The summed E-state index contributed by atoms with van der Waals surface area (Å²) in [6.45, 7) is 1.99. The molecule has 1 heterocycles. The maximum Gasteiger partial charge on any atom is 0.318 e. The van der Waals surface area contributed by atoms with E-state index in [4.69, 9.17) is 9.84 Å². The molecule has 5 heteroatoms. The maximum absolute atomic E-state index is 12.7. The number of aliphatic hydroxyl groups excluding tert-OH is 1. The van der Waals surface area contributed by atoms with Crippen LogP contribution in [-0.4, -0.2) is 48.4 Å². The van der Waals surface area contributed by atoms with Crippen molar-refractivity contribution in [1.29, 1.82) is 0 Å². The van der Waals surface area contributed by atoms with Crippen molar-refractivity contribution in [2.75, 3.05) is 26.4 Å². The molecule has 2 N–H and O–H groups in total. The lowest BCUT2D eigenvalue weighted by molar-refractivity contribution is 0.156. The highest BCUT2D eigenvalue weighted by Crippen LogP contribution is 2.35. The lowest BCUT2D eigenvalue weighted by Gasteiger charge is -2.31. The molecule has 0 radical (unpaired) electrons. The molecule has 3 rings (SSSR count). The van der Waals surface area contributed by atoms with Crippen LogP contribution in [0, 0.1) is 0 Å². The molecule has 2 atom stereocenters. The van der Waals surface area contributed by atoms with E-state index in [-0.39, 0.29) is 24.7 Å². The van der Waals surface area contributed by atoms with Gasteiger partial charge in [-0.15, -0.1) is 0 Å². The Morgan fingerprint density at radius 1 is 1.36 bits per heavy atom. The zero-order chi connectivity index (χ0) is 15.4. The third-order valence-corrected chi connectivity index (χ3v) is 4.55. The van der Waals surface area contributed by atoms with E-state index in [1.54, 1.807) is 0 Å². The van der Waals surface area contributed by atoms with Crippen molar-refractivity contribution in [2.45, 2.75) is 37.8 Å². The summed E-state index contributed by atoms with van der Waals surface area (Å²) in [5.41, 5.74) is 2.58. The summed E-state index contributed by atoms with van der Waals surface area (Å²) in [5.74, 6) is 0. The predicted octanol–water partition coefficient (Wildman–Crippen LogP) is 1.86. The molecule has 0 bridgehead atoms. The van der Waals surface area contributed by atoms with E-state index < -0.39 is 0 Å². The van der Waals surface area contributed by atoms with Gasteiger partial charge in [-0.25, -0.2) is 4.79 Å². The van der Waals surface area contributed by atoms with Crippen LogP contribution in [-0.2, 0) is 11.2 Å². The molecule has 1 aromatic rings. The summed E-state index contributed by atoms with van der Waals surface area (Å²) < 4.78 is 5.33. The summed E-state index contributed by atoms with van der Waals surface area (Å²) in [7, 11) is 0. The first-order valence-corrected chi connectivity index (χ1v) is 8.13. The Kier molecular flexibility index (Phi) is 4.95. The minimum Gasteiger partial charge on any atom is -0.396 e. The van der Waals surface area contributed by atoms with Gasteiger partial charge in [0, 0.05) is 19.8 Å². The van der Waals surface area contributed by atoms with Crippen molar-refractivity contribution in [3.8, 4) is 0 Å². The van der Waals surface area contributed by atoms with Crippen molar-refractivity contribution in [3.63, 3.8) is 0 Å². The molecule has 0 saturated carbocycles. The normalized spacial score (nSPS) is 23.3. The van der Waals surface area contributed by atoms with Gasteiger partial charge in [0.1, 0.15) is 0 Å². The highest BCUT2D eigenvalue weighted by molar-refractivity contribution is 5.75. The first-order chi connectivity index (χ1) is 10.8. The van der Waals surface area contributed by atoms with Crippen molar-refractivity contribution in [1.82, 2.24) is 10.2 Å². The SMILES string of the molecule is O=C(NC1CCOC1)N(CCCO)C1CCc2ccccc21. The van der Waals surface area contributed by atoms with Gasteiger partial charge in [-0.3, -0.25) is 0 Å². The summed E-state index contributed by atoms with van der Waals surface area (Å²) >= 11 is 0. The quantitative estimate of drug-likeness (QED) is 0.873. The van der Waals surface area contributed by atoms with Gasteiger partial charge in [0.2, 0.25) is 0 Å². The monoisotopic (exact) mass is 304 g/mol. The van der Waals surface area contributed by atoms with E-state index in [2.05, 4.69) is 23.5 Å². The maximum atomic E-state index is 12.7. The Labute approximate surface area is 131 Å². The molecule has 22 heavy (non-hydrogen) atoms. The van der Waals surface area contributed by atoms with Crippen LogP contribution in [0.25, 0.3) is 0 Å². The molecular weight excluding hydrogens is 280 g/mol. The number of rotatable bonds is 5. The molecule has 1 fully saturated rings. The van der Waals surface area contributed by atoms with E-state index >= 15 is 0 Å².